The Hall–Kier alpha value is -0.870. The zero-order valence-corrected chi connectivity index (χ0v) is 12.9. The van der Waals surface area contributed by atoms with Crippen LogP contribution < -0.4 is 0 Å². The zero-order chi connectivity index (χ0) is 15.5. The first-order chi connectivity index (χ1) is 10.0. The van der Waals surface area contributed by atoms with Crippen LogP contribution >= 0.6 is 0 Å². The number of carbonyl (C=O) groups excluding carboxylic acids is 1. The number of hydrogen-bond donors (Lipinski definition) is 3. The molecule has 0 bridgehead atoms. The molecule has 0 saturated heterocycles. The summed E-state index contributed by atoms with van der Waals surface area (Å²) in [6.45, 7) is 2.08. The minimum atomic E-state index is -0.651. The van der Waals surface area contributed by atoms with Crippen LogP contribution in [0.2, 0.25) is 0 Å². The van der Waals surface area contributed by atoms with Crippen LogP contribution in [0.25, 0.3) is 0 Å². The molecule has 4 nitrogen and oxygen atoms in total. The maximum atomic E-state index is 11.7. The molecule has 0 unspecified atom stereocenters. The van der Waals surface area contributed by atoms with Gasteiger partial charge in [0.25, 0.3) is 0 Å². The molecule has 2 fully saturated rings. The first kappa shape index (κ1) is 16.5. The Bertz CT molecular complexity index is 404. The Labute approximate surface area is 126 Å². The highest BCUT2D eigenvalue weighted by Crippen LogP contribution is 2.56. The van der Waals surface area contributed by atoms with E-state index in [-0.39, 0.29) is 30.0 Å². The van der Waals surface area contributed by atoms with E-state index >= 15 is 0 Å². The van der Waals surface area contributed by atoms with E-state index in [1.165, 1.54) is 12.8 Å². The molecule has 0 aromatic rings. The Morgan fingerprint density at radius 3 is 2.81 bits per heavy atom. The summed E-state index contributed by atoms with van der Waals surface area (Å²) in [5.41, 5.74) is -0.509. The van der Waals surface area contributed by atoms with Crippen LogP contribution in [0.15, 0.2) is 11.8 Å². The molecule has 4 heteroatoms. The van der Waals surface area contributed by atoms with Crippen LogP contribution in [0, 0.1) is 17.3 Å². The van der Waals surface area contributed by atoms with Gasteiger partial charge in [0.05, 0.1) is 11.9 Å². The first-order valence-corrected chi connectivity index (χ1v) is 8.23. The molecule has 4 atom stereocenters. The number of ketones is 1. The monoisotopic (exact) mass is 296 g/mol. The second-order valence-corrected chi connectivity index (χ2v) is 6.82. The van der Waals surface area contributed by atoms with Gasteiger partial charge in [0.15, 0.2) is 0 Å². The third-order valence-corrected chi connectivity index (χ3v) is 5.31. The third kappa shape index (κ3) is 3.32. The van der Waals surface area contributed by atoms with Crippen LogP contribution in [0.3, 0.4) is 0 Å². The van der Waals surface area contributed by atoms with E-state index in [4.69, 9.17) is 0 Å². The second-order valence-electron chi connectivity index (χ2n) is 6.82. The summed E-state index contributed by atoms with van der Waals surface area (Å²) >= 11 is 0. The summed E-state index contributed by atoms with van der Waals surface area (Å²) in [4.78, 5) is 11.7. The van der Waals surface area contributed by atoms with E-state index in [9.17, 15) is 20.1 Å². The minimum Gasteiger partial charge on any atom is -0.512 e. The summed E-state index contributed by atoms with van der Waals surface area (Å²) in [5.74, 6) is -0.137. The molecule has 0 amide bonds. The number of aliphatic hydroxyl groups is 3. The lowest BCUT2D eigenvalue weighted by molar-refractivity contribution is -0.118. The van der Waals surface area contributed by atoms with Crippen molar-refractivity contribution in [1.82, 2.24) is 0 Å². The van der Waals surface area contributed by atoms with Crippen molar-refractivity contribution in [2.24, 2.45) is 17.3 Å². The van der Waals surface area contributed by atoms with Gasteiger partial charge in [-0.05, 0) is 31.3 Å². The fourth-order valence-corrected chi connectivity index (χ4v) is 4.20. The fourth-order valence-electron chi connectivity index (χ4n) is 4.20. The van der Waals surface area contributed by atoms with Crippen LogP contribution in [0.4, 0.5) is 0 Å². The number of allylic oxidation sites excluding steroid dienone is 1. The van der Waals surface area contributed by atoms with Gasteiger partial charge in [0.2, 0.25) is 0 Å². The highest BCUT2D eigenvalue weighted by atomic mass is 16.3. The largest absolute Gasteiger partial charge is 0.512 e. The number of carbonyl (C=O) groups is 1. The maximum Gasteiger partial charge on any atom is 0.133 e. The predicted molar refractivity (Wildman–Crippen MR) is 80.8 cm³/mol. The van der Waals surface area contributed by atoms with Crippen molar-refractivity contribution < 1.29 is 20.1 Å². The molecule has 2 aliphatic rings. The molecule has 2 rings (SSSR count). The van der Waals surface area contributed by atoms with E-state index < -0.39 is 11.5 Å². The van der Waals surface area contributed by atoms with Gasteiger partial charge < -0.3 is 15.3 Å². The van der Waals surface area contributed by atoms with E-state index in [2.05, 4.69) is 6.92 Å². The number of fused-ring (bicyclic) bond motifs is 1. The average molecular weight is 296 g/mol. The topological polar surface area (TPSA) is 77.8 Å². The quantitative estimate of drug-likeness (QED) is 0.498. The predicted octanol–water partition coefficient (Wildman–Crippen LogP) is 2.74. The lowest BCUT2D eigenvalue weighted by atomic mass is 9.78. The van der Waals surface area contributed by atoms with E-state index in [1.54, 1.807) is 6.08 Å². The lowest BCUT2D eigenvalue weighted by Gasteiger charge is -2.27. The van der Waals surface area contributed by atoms with Crippen molar-refractivity contribution in [2.45, 2.75) is 64.4 Å². The van der Waals surface area contributed by atoms with Gasteiger partial charge in [0.1, 0.15) is 5.78 Å². The van der Waals surface area contributed by atoms with Crippen LogP contribution in [0.5, 0.6) is 0 Å². The molecular formula is C17H28O4. The average Bonchev–Trinajstić information content (AvgIpc) is 2.88. The molecule has 2 saturated carbocycles. The smallest absolute Gasteiger partial charge is 0.133 e. The van der Waals surface area contributed by atoms with Gasteiger partial charge >= 0.3 is 0 Å². The SMILES string of the molecule is CCCCCCC=C(O)[C@H]1[C@H](O)C[C@]2(CO)CC(=O)C[C@H]12. The molecule has 21 heavy (non-hydrogen) atoms. The number of unbranched alkanes of at least 4 members (excludes halogenated alkanes) is 4. The van der Waals surface area contributed by atoms with Gasteiger partial charge in [-0.1, -0.05) is 26.2 Å². The van der Waals surface area contributed by atoms with Crippen molar-refractivity contribution in [3.05, 3.63) is 11.8 Å². The molecule has 0 radical (unpaired) electrons. The van der Waals surface area contributed by atoms with Crippen LogP contribution in [-0.2, 0) is 4.79 Å². The fraction of sp³-hybridized carbons (Fsp3) is 0.824. The molecular weight excluding hydrogens is 268 g/mol. The molecule has 0 aliphatic heterocycles. The van der Waals surface area contributed by atoms with E-state index in [1.807, 2.05) is 0 Å². The second kappa shape index (κ2) is 6.93. The van der Waals surface area contributed by atoms with Crippen LogP contribution in [-0.4, -0.2) is 33.8 Å². The van der Waals surface area contributed by atoms with Crippen molar-refractivity contribution in [1.29, 1.82) is 0 Å². The maximum absolute atomic E-state index is 11.7. The van der Waals surface area contributed by atoms with Gasteiger partial charge in [-0.2, -0.15) is 0 Å². The minimum absolute atomic E-state index is 0.0826. The highest BCUT2D eigenvalue weighted by molar-refractivity contribution is 5.82. The standard InChI is InChI=1S/C17H28O4/c1-2-3-4-5-6-7-14(20)16-13-8-12(19)9-17(13,11-18)10-15(16)21/h7,13,15-16,18,20-21H,2-6,8-11H2,1H3/t13-,15-,16+,17+/m1/s1. The molecule has 0 aromatic carbocycles. The number of aliphatic hydroxyl groups excluding tert-OH is 3. The van der Waals surface area contributed by atoms with Crippen LogP contribution in [0.1, 0.15) is 58.3 Å². The Morgan fingerprint density at radius 1 is 1.38 bits per heavy atom. The van der Waals surface area contributed by atoms with E-state index in [0.29, 0.717) is 19.3 Å². The Balaban J connectivity index is 2.01. The van der Waals surface area contributed by atoms with Crippen molar-refractivity contribution in [3.8, 4) is 0 Å². The van der Waals surface area contributed by atoms with Gasteiger partial charge in [-0.25, -0.2) is 0 Å². The van der Waals surface area contributed by atoms with Crippen molar-refractivity contribution >= 4 is 5.78 Å². The Kier molecular flexibility index (Phi) is 5.44. The highest BCUT2D eigenvalue weighted by Gasteiger charge is 2.58. The van der Waals surface area contributed by atoms with E-state index in [0.717, 1.165) is 19.3 Å². The molecule has 120 valence electrons. The molecule has 3 N–H and O–H groups in total. The summed E-state index contributed by atoms with van der Waals surface area (Å²) in [5, 5.41) is 30.3. The summed E-state index contributed by atoms with van der Waals surface area (Å²) in [6, 6.07) is 0. The van der Waals surface area contributed by atoms with Crippen molar-refractivity contribution in [3.63, 3.8) is 0 Å². The number of hydrogen-bond acceptors (Lipinski definition) is 4. The molecule has 2 aliphatic carbocycles. The van der Waals surface area contributed by atoms with Gasteiger partial charge in [0, 0.05) is 30.8 Å². The molecule has 0 spiro atoms. The molecule has 0 aromatic heterocycles. The van der Waals surface area contributed by atoms with Crippen molar-refractivity contribution in [2.75, 3.05) is 6.61 Å². The summed E-state index contributed by atoms with van der Waals surface area (Å²) < 4.78 is 0. The molecule has 0 heterocycles. The van der Waals surface area contributed by atoms with Gasteiger partial charge in [-0.3, -0.25) is 4.79 Å². The third-order valence-electron chi connectivity index (χ3n) is 5.31. The first-order valence-electron chi connectivity index (χ1n) is 8.23. The number of rotatable bonds is 7. The zero-order valence-electron chi connectivity index (χ0n) is 12.9. The normalized spacial score (nSPS) is 36.2. The van der Waals surface area contributed by atoms with Gasteiger partial charge in [-0.15, -0.1) is 0 Å². The lowest BCUT2D eigenvalue weighted by Crippen LogP contribution is -2.27. The summed E-state index contributed by atoms with van der Waals surface area (Å²) in [6.07, 6.45) is 7.65. The Morgan fingerprint density at radius 2 is 2.14 bits per heavy atom. The summed E-state index contributed by atoms with van der Waals surface area (Å²) in [7, 11) is 0. The number of Topliss-reactive ketones (excluding diaryl/α,β-unsaturated/α-hetero) is 1.